The first-order valence-corrected chi connectivity index (χ1v) is 7.12. The number of nitrogens with one attached hydrogen (secondary N) is 1. The number of rotatable bonds is 4. The Kier molecular flexibility index (Phi) is 4.79. The summed E-state index contributed by atoms with van der Waals surface area (Å²) in [4.78, 5) is 0. The molecule has 1 aromatic carbocycles. The Morgan fingerprint density at radius 1 is 1.17 bits per heavy atom. The monoisotopic (exact) mass is 247 g/mol. The molecule has 0 heterocycles. The van der Waals surface area contributed by atoms with E-state index in [0.29, 0.717) is 6.04 Å². The van der Waals surface area contributed by atoms with Crippen LogP contribution in [0.15, 0.2) is 30.3 Å². The second kappa shape index (κ2) is 6.35. The van der Waals surface area contributed by atoms with Crippen LogP contribution in [0.4, 0.5) is 0 Å². The molecule has 0 saturated heterocycles. The van der Waals surface area contributed by atoms with Gasteiger partial charge in [0.15, 0.2) is 0 Å². The minimum Gasteiger partial charge on any atom is -0.394 e. The second-order valence-corrected chi connectivity index (χ2v) is 5.78. The highest BCUT2D eigenvalue weighted by molar-refractivity contribution is 5.19. The predicted molar refractivity (Wildman–Crippen MR) is 75.4 cm³/mol. The summed E-state index contributed by atoms with van der Waals surface area (Å²) in [6, 6.07) is 10.9. The fourth-order valence-electron chi connectivity index (χ4n) is 2.92. The Morgan fingerprint density at radius 3 is 2.50 bits per heavy atom. The maximum absolute atomic E-state index is 9.57. The van der Waals surface area contributed by atoms with Gasteiger partial charge in [0.05, 0.1) is 12.6 Å². The smallest absolute Gasteiger partial charge is 0.0626 e. The summed E-state index contributed by atoms with van der Waals surface area (Å²) in [6.45, 7) is 4.86. The molecular weight excluding hydrogens is 222 g/mol. The van der Waals surface area contributed by atoms with Gasteiger partial charge in [0.2, 0.25) is 0 Å². The van der Waals surface area contributed by atoms with E-state index in [1.165, 1.54) is 24.8 Å². The maximum Gasteiger partial charge on any atom is 0.0626 e. The molecule has 1 aliphatic rings. The number of aliphatic hydroxyl groups excluding tert-OH is 1. The summed E-state index contributed by atoms with van der Waals surface area (Å²) >= 11 is 0. The van der Waals surface area contributed by atoms with Crippen LogP contribution in [0, 0.1) is 11.8 Å². The van der Waals surface area contributed by atoms with E-state index in [2.05, 4.69) is 31.3 Å². The highest BCUT2D eigenvalue weighted by atomic mass is 16.3. The highest BCUT2D eigenvalue weighted by Gasteiger charge is 2.26. The Balaban J connectivity index is 1.95. The summed E-state index contributed by atoms with van der Waals surface area (Å²) in [5.74, 6) is 1.62. The molecule has 0 aromatic heterocycles. The first-order chi connectivity index (χ1) is 8.70. The van der Waals surface area contributed by atoms with E-state index in [9.17, 15) is 5.11 Å². The third-order valence-electron chi connectivity index (χ3n) is 4.42. The van der Waals surface area contributed by atoms with E-state index in [4.69, 9.17) is 0 Å². The van der Waals surface area contributed by atoms with Crippen LogP contribution in [-0.2, 0) is 0 Å². The molecule has 0 bridgehead atoms. The molecule has 18 heavy (non-hydrogen) atoms. The summed E-state index contributed by atoms with van der Waals surface area (Å²) in [5.41, 5.74) is 1.19. The van der Waals surface area contributed by atoms with Crippen molar-refractivity contribution in [3.8, 4) is 0 Å². The number of hydrogen-bond donors (Lipinski definition) is 2. The molecule has 0 aliphatic heterocycles. The van der Waals surface area contributed by atoms with Gasteiger partial charge in [-0.3, -0.25) is 0 Å². The van der Waals surface area contributed by atoms with Crippen molar-refractivity contribution in [2.24, 2.45) is 11.8 Å². The fraction of sp³-hybridized carbons (Fsp3) is 0.625. The maximum atomic E-state index is 9.57. The van der Waals surface area contributed by atoms with Gasteiger partial charge in [0.1, 0.15) is 0 Å². The van der Waals surface area contributed by atoms with Crippen LogP contribution < -0.4 is 5.32 Å². The van der Waals surface area contributed by atoms with Gasteiger partial charge in [-0.05, 0) is 36.7 Å². The van der Waals surface area contributed by atoms with Gasteiger partial charge in [0, 0.05) is 6.04 Å². The van der Waals surface area contributed by atoms with Gasteiger partial charge in [-0.25, -0.2) is 0 Å². The number of aliphatic hydroxyl groups is 1. The summed E-state index contributed by atoms with van der Waals surface area (Å²) in [5, 5.41) is 13.2. The molecule has 0 spiro atoms. The van der Waals surface area contributed by atoms with Crippen LogP contribution in [-0.4, -0.2) is 17.8 Å². The molecule has 2 heteroatoms. The minimum atomic E-state index is 0.0804. The quantitative estimate of drug-likeness (QED) is 0.856. The van der Waals surface area contributed by atoms with Gasteiger partial charge in [-0.1, -0.05) is 44.2 Å². The van der Waals surface area contributed by atoms with Crippen LogP contribution in [0.5, 0.6) is 0 Å². The van der Waals surface area contributed by atoms with Crippen LogP contribution in [0.25, 0.3) is 0 Å². The zero-order chi connectivity index (χ0) is 13.0. The second-order valence-electron chi connectivity index (χ2n) is 5.78. The summed E-state index contributed by atoms with van der Waals surface area (Å²) in [6.07, 6.45) is 3.76. The van der Waals surface area contributed by atoms with Crippen molar-refractivity contribution in [3.05, 3.63) is 35.9 Å². The number of hydrogen-bond acceptors (Lipinski definition) is 2. The van der Waals surface area contributed by atoms with E-state index in [0.717, 1.165) is 11.8 Å². The van der Waals surface area contributed by atoms with Gasteiger partial charge in [0.25, 0.3) is 0 Å². The highest BCUT2D eigenvalue weighted by Crippen LogP contribution is 2.30. The van der Waals surface area contributed by atoms with Gasteiger partial charge >= 0.3 is 0 Å². The van der Waals surface area contributed by atoms with Gasteiger partial charge in [-0.2, -0.15) is 0 Å². The SMILES string of the molecule is CC1CCC(NC(CO)c2ccccc2)CC1C. The molecule has 2 N–H and O–H groups in total. The Bertz CT molecular complexity index is 351. The topological polar surface area (TPSA) is 32.3 Å². The molecule has 1 aromatic rings. The third kappa shape index (κ3) is 3.33. The van der Waals surface area contributed by atoms with Crippen LogP contribution in [0.2, 0.25) is 0 Å². The van der Waals surface area contributed by atoms with Crippen LogP contribution in [0.3, 0.4) is 0 Å². The molecule has 1 fully saturated rings. The average molecular weight is 247 g/mol. The van der Waals surface area contributed by atoms with E-state index in [-0.39, 0.29) is 12.6 Å². The minimum absolute atomic E-state index is 0.0804. The normalized spacial score (nSPS) is 30.1. The first-order valence-electron chi connectivity index (χ1n) is 7.12. The number of benzene rings is 1. The molecule has 1 aliphatic carbocycles. The van der Waals surface area contributed by atoms with E-state index in [1.807, 2.05) is 18.2 Å². The lowest BCUT2D eigenvalue weighted by atomic mass is 9.79. The van der Waals surface area contributed by atoms with E-state index in [1.54, 1.807) is 0 Å². The zero-order valence-electron chi connectivity index (χ0n) is 11.5. The zero-order valence-corrected chi connectivity index (χ0v) is 11.5. The third-order valence-corrected chi connectivity index (χ3v) is 4.42. The van der Waals surface area contributed by atoms with Crippen molar-refractivity contribution < 1.29 is 5.11 Å². The van der Waals surface area contributed by atoms with Crippen LogP contribution in [0.1, 0.15) is 44.7 Å². The lowest BCUT2D eigenvalue weighted by molar-refractivity contribution is 0.183. The van der Waals surface area contributed by atoms with Gasteiger partial charge < -0.3 is 10.4 Å². The van der Waals surface area contributed by atoms with Crippen LogP contribution >= 0.6 is 0 Å². The molecule has 4 unspecified atom stereocenters. The molecule has 100 valence electrons. The predicted octanol–water partition coefficient (Wildman–Crippen LogP) is 3.13. The van der Waals surface area contributed by atoms with Crippen molar-refractivity contribution >= 4 is 0 Å². The molecular formula is C16H25NO. The van der Waals surface area contributed by atoms with Crippen molar-refractivity contribution in [1.29, 1.82) is 0 Å². The standard InChI is InChI=1S/C16H25NO/c1-12-8-9-15(10-13(12)2)17-16(11-18)14-6-4-3-5-7-14/h3-7,12-13,15-18H,8-11H2,1-2H3. The summed E-state index contributed by atoms with van der Waals surface area (Å²) in [7, 11) is 0. The van der Waals surface area contributed by atoms with Gasteiger partial charge in [-0.15, -0.1) is 0 Å². The molecule has 1 saturated carbocycles. The molecule has 2 rings (SSSR count). The van der Waals surface area contributed by atoms with E-state index >= 15 is 0 Å². The molecule has 0 amide bonds. The molecule has 0 radical (unpaired) electrons. The van der Waals surface area contributed by atoms with E-state index < -0.39 is 0 Å². The Morgan fingerprint density at radius 2 is 1.89 bits per heavy atom. The molecule has 4 atom stereocenters. The summed E-state index contributed by atoms with van der Waals surface area (Å²) < 4.78 is 0. The van der Waals surface area contributed by atoms with Crippen molar-refractivity contribution in [2.45, 2.75) is 45.2 Å². The lowest BCUT2D eigenvalue weighted by Gasteiger charge is -2.34. The largest absolute Gasteiger partial charge is 0.394 e. The Hall–Kier alpha value is -0.860. The lowest BCUT2D eigenvalue weighted by Crippen LogP contribution is -2.39. The molecule has 2 nitrogen and oxygen atoms in total. The Labute approximate surface area is 110 Å². The van der Waals surface area contributed by atoms with Crippen molar-refractivity contribution in [2.75, 3.05) is 6.61 Å². The average Bonchev–Trinajstić information content (AvgIpc) is 2.41. The fourth-order valence-corrected chi connectivity index (χ4v) is 2.92. The first kappa shape index (κ1) is 13.6. The van der Waals surface area contributed by atoms with Crippen molar-refractivity contribution in [1.82, 2.24) is 5.32 Å². The van der Waals surface area contributed by atoms with Crippen molar-refractivity contribution in [3.63, 3.8) is 0 Å².